The first-order valence-electron chi connectivity index (χ1n) is 8.35. The molecule has 1 amide bonds. The predicted octanol–water partition coefficient (Wildman–Crippen LogP) is 3.01. The molecule has 0 aliphatic carbocycles. The number of carboxylic acids is 1. The number of carbonyl (C=O) groups excluding carboxylic acids is 1. The van der Waals surface area contributed by atoms with E-state index in [1.807, 2.05) is 4.90 Å². The summed E-state index contributed by atoms with van der Waals surface area (Å²) in [6, 6.07) is 4.72. The third-order valence-corrected chi connectivity index (χ3v) is 4.48. The van der Waals surface area contributed by atoms with Crippen molar-refractivity contribution in [3.63, 3.8) is 0 Å². The molecule has 0 radical (unpaired) electrons. The molecule has 1 fully saturated rings. The average Bonchev–Trinajstić information content (AvgIpc) is 2.58. The summed E-state index contributed by atoms with van der Waals surface area (Å²) in [5.41, 5.74) is 0.751. The molecule has 1 saturated heterocycles. The number of rotatable bonds is 7. The van der Waals surface area contributed by atoms with E-state index in [1.165, 1.54) is 13.2 Å². The lowest BCUT2D eigenvalue weighted by molar-refractivity contribution is -0.140. The molecule has 1 atom stereocenters. The summed E-state index contributed by atoms with van der Waals surface area (Å²) in [5.74, 6) is -1.06. The molecule has 1 N–H and O–H groups in total. The van der Waals surface area contributed by atoms with E-state index in [4.69, 9.17) is 9.84 Å². The summed E-state index contributed by atoms with van der Waals surface area (Å²) in [6.45, 7) is 0.681. The van der Waals surface area contributed by atoms with Gasteiger partial charge in [-0.2, -0.15) is 0 Å². The maximum absolute atomic E-state index is 13.7. The van der Waals surface area contributed by atoms with Gasteiger partial charge in [-0.15, -0.1) is 0 Å². The molecule has 1 aliphatic rings. The van der Waals surface area contributed by atoms with E-state index in [2.05, 4.69) is 0 Å². The average molecular weight is 337 g/mol. The van der Waals surface area contributed by atoms with Crippen LogP contribution in [0.5, 0.6) is 5.75 Å². The monoisotopic (exact) mass is 337 g/mol. The molecule has 0 spiro atoms. The Morgan fingerprint density at radius 1 is 1.33 bits per heavy atom. The zero-order valence-corrected chi connectivity index (χ0v) is 14.0. The van der Waals surface area contributed by atoms with E-state index >= 15 is 0 Å². The third kappa shape index (κ3) is 4.94. The van der Waals surface area contributed by atoms with Gasteiger partial charge in [0.1, 0.15) is 0 Å². The largest absolute Gasteiger partial charge is 0.494 e. The van der Waals surface area contributed by atoms with Gasteiger partial charge in [-0.3, -0.25) is 9.59 Å². The summed E-state index contributed by atoms with van der Waals surface area (Å²) in [5, 5.41) is 8.84. The number of piperidine rings is 1. The van der Waals surface area contributed by atoms with Crippen LogP contribution >= 0.6 is 0 Å². The minimum atomic E-state index is -0.832. The van der Waals surface area contributed by atoms with Crippen molar-refractivity contribution < 1.29 is 23.8 Å². The number of likely N-dealkylation sites (tertiary alicyclic amines) is 1. The highest BCUT2D eigenvalue weighted by molar-refractivity contribution is 5.77. The number of aliphatic carboxylic acids is 1. The van der Waals surface area contributed by atoms with Crippen LogP contribution in [0.3, 0.4) is 0 Å². The van der Waals surface area contributed by atoms with Crippen molar-refractivity contribution in [2.75, 3.05) is 13.7 Å². The van der Waals surface area contributed by atoms with Crippen molar-refractivity contribution in [3.05, 3.63) is 29.6 Å². The van der Waals surface area contributed by atoms with Crippen LogP contribution in [-0.4, -0.2) is 41.6 Å². The quantitative estimate of drug-likeness (QED) is 0.830. The molecular weight excluding hydrogens is 313 g/mol. The number of nitrogens with zero attached hydrogens (tertiary/aromatic N) is 1. The minimum absolute atomic E-state index is 0.00922. The Kier molecular flexibility index (Phi) is 6.58. The molecular formula is C18H24FNO4. The van der Waals surface area contributed by atoms with Crippen LogP contribution in [0.25, 0.3) is 0 Å². The van der Waals surface area contributed by atoms with Gasteiger partial charge in [0, 0.05) is 25.4 Å². The molecule has 0 aromatic heterocycles. The van der Waals surface area contributed by atoms with Crippen LogP contribution in [0.15, 0.2) is 18.2 Å². The van der Waals surface area contributed by atoms with Crippen LogP contribution in [0.4, 0.5) is 4.39 Å². The summed E-state index contributed by atoms with van der Waals surface area (Å²) in [6.07, 6.45) is 4.17. The topological polar surface area (TPSA) is 66.8 Å². The van der Waals surface area contributed by atoms with Crippen LogP contribution < -0.4 is 4.74 Å². The van der Waals surface area contributed by atoms with Crippen LogP contribution in [0, 0.1) is 5.82 Å². The smallest absolute Gasteiger partial charge is 0.303 e. The van der Waals surface area contributed by atoms with E-state index < -0.39 is 11.8 Å². The molecule has 1 aromatic rings. The predicted molar refractivity (Wildman–Crippen MR) is 87.5 cm³/mol. The zero-order valence-electron chi connectivity index (χ0n) is 14.0. The van der Waals surface area contributed by atoms with Gasteiger partial charge in [0.05, 0.1) is 7.11 Å². The number of carbonyl (C=O) groups is 2. The number of methoxy groups -OCH3 is 1. The Morgan fingerprint density at radius 2 is 2.12 bits per heavy atom. The number of benzene rings is 1. The number of halogens is 1. The zero-order chi connectivity index (χ0) is 17.5. The second-order valence-corrected chi connectivity index (χ2v) is 6.14. The van der Waals surface area contributed by atoms with E-state index in [0.717, 1.165) is 24.8 Å². The van der Waals surface area contributed by atoms with Crippen LogP contribution in [0.2, 0.25) is 0 Å². The summed E-state index contributed by atoms with van der Waals surface area (Å²) < 4.78 is 18.6. The molecule has 5 nitrogen and oxygen atoms in total. The highest BCUT2D eigenvalue weighted by Gasteiger charge is 2.26. The number of amides is 1. The molecule has 2 rings (SSSR count). The van der Waals surface area contributed by atoms with E-state index in [1.54, 1.807) is 12.1 Å². The maximum atomic E-state index is 13.7. The molecule has 0 bridgehead atoms. The fourth-order valence-electron chi connectivity index (χ4n) is 3.18. The highest BCUT2D eigenvalue weighted by Crippen LogP contribution is 2.23. The summed E-state index contributed by atoms with van der Waals surface area (Å²) >= 11 is 0. The van der Waals surface area contributed by atoms with Crippen molar-refractivity contribution in [2.45, 2.75) is 51.0 Å². The summed E-state index contributed by atoms with van der Waals surface area (Å²) in [7, 11) is 1.41. The van der Waals surface area contributed by atoms with E-state index in [0.29, 0.717) is 25.8 Å². The van der Waals surface area contributed by atoms with E-state index in [-0.39, 0.29) is 24.1 Å². The molecule has 132 valence electrons. The Labute approximate surface area is 141 Å². The molecule has 0 saturated carbocycles. The third-order valence-electron chi connectivity index (χ3n) is 4.48. The molecule has 6 heteroatoms. The first kappa shape index (κ1) is 18.2. The normalized spacial score (nSPS) is 17.6. The Bertz CT molecular complexity index is 590. The number of carboxylic acid groups (broad SMARTS) is 1. The highest BCUT2D eigenvalue weighted by atomic mass is 19.1. The molecule has 1 aromatic carbocycles. The SMILES string of the molecule is COc1ccc(CCC(=O)N2CCCCC2CCC(=O)O)cc1F. The summed E-state index contributed by atoms with van der Waals surface area (Å²) in [4.78, 5) is 25.1. The fraction of sp³-hybridized carbons (Fsp3) is 0.556. The van der Waals surface area contributed by atoms with Crippen molar-refractivity contribution in [1.29, 1.82) is 0 Å². The Balaban J connectivity index is 1.92. The Morgan fingerprint density at radius 3 is 2.79 bits per heavy atom. The van der Waals surface area contributed by atoms with Crippen molar-refractivity contribution in [2.24, 2.45) is 0 Å². The van der Waals surface area contributed by atoms with Gasteiger partial charge in [0.15, 0.2) is 11.6 Å². The van der Waals surface area contributed by atoms with Gasteiger partial charge in [-0.05, 0) is 49.8 Å². The lowest BCUT2D eigenvalue weighted by atomic mass is 9.97. The first-order chi connectivity index (χ1) is 11.5. The maximum Gasteiger partial charge on any atom is 0.303 e. The second kappa shape index (κ2) is 8.66. The number of hydrogen-bond acceptors (Lipinski definition) is 3. The second-order valence-electron chi connectivity index (χ2n) is 6.14. The number of aryl methyl sites for hydroxylation is 1. The molecule has 1 aliphatic heterocycles. The van der Waals surface area contributed by atoms with Gasteiger partial charge < -0.3 is 14.7 Å². The van der Waals surface area contributed by atoms with Gasteiger partial charge in [-0.25, -0.2) is 4.39 Å². The van der Waals surface area contributed by atoms with Crippen molar-refractivity contribution in [1.82, 2.24) is 4.90 Å². The molecule has 1 unspecified atom stereocenters. The number of ether oxygens (including phenoxy) is 1. The Hall–Kier alpha value is -2.11. The van der Waals surface area contributed by atoms with Gasteiger partial charge in [0.25, 0.3) is 0 Å². The van der Waals surface area contributed by atoms with E-state index in [9.17, 15) is 14.0 Å². The van der Waals surface area contributed by atoms with Crippen LogP contribution in [-0.2, 0) is 16.0 Å². The minimum Gasteiger partial charge on any atom is -0.494 e. The van der Waals surface area contributed by atoms with Crippen molar-refractivity contribution >= 4 is 11.9 Å². The van der Waals surface area contributed by atoms with Gasteiger partial charge in [-0.1, -0.05) is 6.07 Å². The number of hydrogen-bond donors (Lipinski definition) is 1. The molecule has 1 heterocycles. The lowest BCUT2D eigenvalue weighted by Crippen LogP contribution is -2.44. The van der Waals surface area contributed by atoms with Crippen LogP contribution in [0.1, 0.15) is 44.1 Å². The standard InChI is InChI=1S/C18H24FNO4/c1-24-16-8-5-13(12-15(16)19)6-9-17(21)20-11-3-2-4-14(20)7-10-18(22)23/h5,8,12,14H,2-4,6-7,9-11H2,1H3,(H,22,23). The van der Waals surface area contributed by atoms with Crippen molar-refractivity contribution in [3.8, 4) is 5.75 Å². The van der Waals surface area contributed by atoms with Gasteiger partial charge >= 0.3 is 5.97 Å². The first-order valence-corrected chi connectivity index (χ1v) is 8.35. The fourth-order valence-corrected chi connectivity index (χ4v) is 3.18. The molecule has 24 heavy (non-hydrogen) atoms. The lowest BCUT2D eigenvalue weighted by Gasteiger charge is -2.35. The van der Waals surface area contributed by atoms with Gasteiger partial charge in [0.2, 0.25) is 5.91 Å².